The van der Waals surface area contributed by atoms with Crippen LogP contribution in [0.1, 0.15) is 12.2 Å². The lowest BCUT2D eigenvalue weighted by Gasteiger charge is -2.37. The maximum absolute atomic E-state index is 5.50. The molecule has 0 spiro atoms. The van der Waals surface area contributed by atoms with Crippen LogP contribution < -0.4 is 10.2 Å². The van der Waals surface area contributed by atoms with Gasteiger partial charge in [-0.25, -0.2) is 0 Å². The first-order valence-corrected chi connectivity index (χ1v) is 10.7. The zero-order valence-corrected chi connectivity index (χ0v) is 16.5. The summed E-state index contributed by atoms with van der Waals surface area (Å²) in [5.41, 5.74) is 0. The monoisotopic (exact) mass is 388 g/mol. The summed E-state index contributed by atoms with van der Waals surface area (Å²) in [6.07, 6.45) is 3.72. The van der Waals surface area contributed by atoms with Gasteiger partial charge in [0.05, 0.1) is 17.9 Å². The number of guanidine groups is 1. The molecular weight excluding hydrogens is 360 g/mol. The van der Waals surface area contributed by atoms with E-state index >= 15 is 0 Å². The van der Waals surface area contributed by atoms with Gasteiger partial charge in [0.15, 0.2) is 5.96 Å². The molecule has 4 heterocycles. The van der Waals surface area contributed by atoms with Gasteiger partial charge in [-0.3, -0.25) is 4.99 Å². The number of thiophene rings is 1. The van der Waals surface area contributed by atoms with Crippen LogP contribution in [0.15, 0.2) is 45.3 Å². The number of furan rings is 1. The maximum Gasteiger partial charge on any atom is 0.194 e. The molecule has 2 fully saturated rings. The van der Waals surface area contributed by atoms with Crippen molar-refractivity contribution in [1.82, 2.24) is 10.2 Å². The van der Waals surface area contributed by atoms with Crippen molar-refractivity contribution in [2.45, 2.75) is 12.8 Å². The fraction of sp³-hybridized carbons (Fsp3) is 0.550. The van der Waals surface area contributed by atoms with Crippen molar-refractivity contribution >= 4 is 22.3 Å². The first-order chi connectivity index (χ1) is 13.4. The predicted molar refractivity (Wildman–Crippen MR) is 110 cm³/mol. The second-order valence-electron chi connectivity index (χ2n) is 7.08. The Hall–Kier alpha value is -1.99. The number of aliphatic imine (C=N–C) groups is 1. The SMILES string of the molecule is c1coc(CCNC(=NCC2CCOC2)N2CCN(c3cccs3)CC2)c1. The number of nitrogens with one attached hydrogen (secondary N) is 1. The number of hydrogen-bond donors (Lipinski definition) is 1. The minimum atomic E-state index is 0.555. The smallest absolute Gasteiger partial charge is 0.194 e. The Bertz CT molecular complexity index is 688. The summed E-state index contributed by atoms with van der Waals surface area (Å²) in [4.78, 5) is 9.80. The molecular formula is C20H28N4O2S. The van der Waals surface area contributed by atoms with Crippen LogP contribution in [0.3, 0.4) is 0 Å². The topological polar surface area (TPSA) is 53.2 Å². The number of piperazine rings is 1. The number of rotatable bonds is 6. The van der Waals surface area contributed by atoms with Crippen LogP contribution in [0.5, 0.6) is 0 Å². The Kier molecular flexibility index (Phi) is 6.32. The Morgan fingerprint density at radius 3 is 2.85 bits per heavy atom. The van der Waals surface area contributed by atoms with Gasteiger partial charge >= 0.3 is 0 Å². The van der Waals surface area contributed by atoms with E-state index in [-0.39, 0.29) is 0 Å². The molecule has 2 aromatic rings. The van der Waals surface area contributed by atoms with Crippen LogP contribution in [-0.2, 0) is 11.2 Å². The first kappa shape index (κ1) is 18.4. The minimum absolute atomic E-state index is 0.555. The second kappa shape index (κ2) is 9.28. The average molecular weight is 389 g/mol. The highest BCUT2D eigenvalue weighted by molar-refractivity contribution is 7.14. The molecule has 0 saturated carbocycles. The van der Waals surface area contributed by atoms with Gasteiger partial charge in [-0.05, 0) is 36.1 Å². The van der Waals surface area contributed by atoms with Gasteiger partial charge in [0.2, 0.25) is 0 Å². The van der Waals surface area contributed by atoms with E-state index in [2.05, 4.69) is 32.6 Å². The molecule has 2 aliphatic heterocycles. The number of nitrogens with zero attached hydrogens (tertiary/aromatic N) is 3. The van der Waals surface area contributed by atoms with Crippen LogP contribution in [0.4, 0.5) is 5.00 Å². The Morgan fingerprint density at radius 2 is 2.15 bits per heavy atom. The van der Waals surface area contributed by atoms with Gasteiger partial charge < -0.3 is 24.3 Å². The molecule has 0 bridgehead atoms. The lowest BCUT2D eigenvalue weighted by molar-refractivity contribution is 0.187. The highest BCUT2D eigenvalue weighted by Gasteiger charge is 2.21. The van der Waals surface area contributed by atoms with Gasteiger partial charge in [-0.15, -0.1) is 11.3 Å². The summed E-state index contributed by atoms with van der Waals surface area (Å²) in [6.45, 7) is 7.44. The molecule has 0 radical (unpaired) electrons. The molecule has 7 heteroatoms. The van der Waals surface area contributed by atoms with Crippen molar-refractivity contribution in [2.24, 2.45) is 10.9 Å². The van der Waals surface area contributed by atoms with Crippen LogP contribution in [0.2, 0.25) is 0 Å². The van der Waals surface area contributed by atoms with Gasteiger partial charge in [-0.1, -0.05) is 0 Å². The summed E-state index contributed by atoms with van der Waals surface area (Å²) in [5, 5.41) is 7.07. The highest BCUT2D eigenvalue weighted by Crippen LogP contribution is 2.22. The molecule has 27 heavy (non-hydrogen) atoms. The lowest BCUT2D eigenvalue weighted by Crippen LogP contribution is -2.52. The molecule has 1 unspecified atom stereocenters. The van der Waals surface area contributed by atoms with Gasteiger partial charge in [0.1, 0.15) is 5.76 Å². The molecule has 4 rings (SSSR count). The van der Waals surface area contributed by atoms with Crippen LogP contribution in [0, 0.1) is 5.92 Å². The summed E-state index contributed by atoms with van der Waals surface area (Å²) < 4.78 is 10.9. The van der Waals surface area contributed by atoms with E-state index in [0.29, 0.717) is 5.92 Å². The van der Waals surface area contributed by atoms with Crippen molar-refractivity contribution in [2.75, 3.05) is 57.4 Å². The average Bonchev–Trinajstić information content (AvgIpc) is 3.48. The fourth-order valence-electron chi connectivity index (χ4n) is 3.55. The maximum atomic E-state index is 5.50. The van der Waals surface area contributed by atoms with Crippen LogP contribution in [0.25, 0.3) is 0 Å². The van der Waals surface area contributed by atoms with Crippen LogP contribution >= 0.6 is 11.3 Å². The summed E-state index contributed by atoms with van der Waals surface area (Å²) in [6, 6.07) is 8.29. The second-order valence-corrected chi connectivity index (χ2v) is 8.00. The minimum Gasteiger partial charge on any atom is -0.469 e. The third-order valence-corrected chi connectivity index (χ3v) is 6.08. The summed E-state index contributed by atoms with van der Waals surface area (Å²) in [7, 11) is 0. The molecule has 6 nitrogen and oxygen atoms in total. The van der Waals surface area contributed by atoms with Crippen molar-refractivity contribution < 1.29 is 9.15 Å². The first-order valence-electron chi connectivity index (χ1n) is 9.80. The molecule has 0 amide bonds. The Labute approximate surface area is 164 Å². The fourth-order valence-corrected chi connectivity index (χ4v) is 4.34. The Morgan fingerprint density at radius 1 is 1.22 bits per heavy atom. The molecule has 1 atom stereocenters. The molecule has 146 valence electrons. The van der Waals surface area contributed by atoms with E-state index in [1.54, 1.807) is 6.26 Å². The van der Waals surface area contributed by atoms with E-state index in [1.807, 2.05) is 23.5 Å². The third kappa shape index (κ3) is 5.05. The van der Waals surface area contributed by atoms with Crippen molar-refractivity contribution in [3.8, 4) is 0 Å². The van der Waals surface area contributed by atoms with Gasteiger partial charge in [0.25, 0.3) is 0 Å². The molecule has 2 aromatic heterocycles. The summed E-state index contributed by atoms with van der Waals surface area (Å²) >= 11 is 1.82. The lowest BCUT2D eigenvalue weighted by atomic mass is 10.1. The van der Waals surface area contributed by atoms with Crippen LogP contribution in [-0.4, -0.2) is 63.3 Å². The third-order valence-electron chi connectivity index (χ3n) is 5.15. The number of anilines is 1. The normalized spacial score (nSPS) is 21.0. The Balaban J connectivity index is 1.34. The van der Waals surface area contributed by atoms with Crippen molar-refractivity contribution in [1.29, 1.82) is 0 Å². The van der Waals surface area contributed by atoms with E-state index in [4.69, 9.17) is 14.1 Å². The van der Waals surface area contributed by atoms with Crippen molar-refractivity contribution in [3.05, 3.63) is 41.7 Å². The van der Waals surface area contributed by atoms with E-state index in [0.717, 1.165) is 77.0 Å². The van der Waals surface area contributed by atoms with Gasteiger partial charge in [-0.2, -0.15) is 0 Å². The zero-order valence-electron chi connectivity index (χ0n) is 15.7. The van der Waals surface area contributed by atoms with E-state index in [9.17, 15) is 0 Å². The quantitative estimate of drug-likeness (QED) is 0.609. The van der Waals surface area contributed by atoms with Crippen molar-refractivity contribution in [3.63, 3.8) is 0 Å². The number of hydrogen-bond acceptors (Lipinski definition) is 5. The van der Waals surface area contributed by atoms with Gasteiger partial charge in [0, 0.05) is 58.2 Å². The molecule has 0 aliphatic carbocycles. The van der Waals surface area contributed by atoms with E-state index < -0.39 is 0 Å². The zero-order chi connectivity index (χ0) is 18.3. The largest absolute Gasteiger partial charge is 0.469 e. The summed E-state index contributed by atoms with van der Waals surface area (Å²) in [5.74, 6) is 2.59. The molecule has 0 aromatic carbocycles. The molecule has 1 N–H and O–H groups in total. The number of ether oxygens (including phenoxy) is 1. The standard InChI is InChI=1S/C20H28N4O2S/c1-3-18(26-12-1)5-7-21-20(22-15-17-6-13-25-16-17)24-10-8-23(9-11-24)19-4-2-14-27-19/h1-4,12,14,17H,5-11,13,15-16H2,(H,21,22). The highest BCUT2D eigenvalue weighted by atomic mass is 32.1. The molecule has 2 saturated heterocycles. The van der Waals surface area contributed by atoms with E-state index in [1.165, 1.54) is 5.00 Å². The predicted octanol–water partition coefficient (Wildman–Crippen LogP) is 2.69. The molecule has 2 aliphatic rings.